The van der Waals surface area contributed by atoms with Gasteiger partial charge in [-0.15, -0.1) is 11.6 Å². The van der Waals surface area contributed by atoms with Crippen molar-refractivity contribution in [2.45, 2.75) is 38.0 Å². The summed E-state index contributed by atoms with van der Waals surface area (Å²) in [5.74, 6) is 0. The van der Waals surface area contributed by atoms with Crippen molar-refractivity contribution in [3.63, 3.8) is 0 Å². The van der Waals surface area contributed by atoms with Crippen LogP contribution in [0.3, 0.4) is 0 Å². The van der Waals surface area contributed by atoms with Crippen LogP contribution in [-0.2, 0) is 4.74 Å². The Kier molecular flexibility index (Phi) is 7.54. The standard InChI is InChI=1S/C8H17ClO/c1-8(9)6-4-3-5-7-10-2/h8H,3-7H2,1-2H3. The van der Waals surface area contributed by atoms with Gasteiger partial charge in [0, 0.05) is 19.1 Å². The molecule has 0 bridgehead atoms. The van der Waals surface area contributed by atoms with E-state index in [1.807, 2.05) is 6.92 Å². The Morgan fingerprint density at radius 3 is 2.50 bits per heavy atom. The lowest BCUT2D eigenvalue weighted by molar-refractivity contribution is 0.192. The zero-order chi connectivity index (χ0) is 7.82. The summed E-state index contributed by atoms with van der Waals surface area (Å²) in [6.07, 6.45) is 4.77. The van der Waals surface area contributed by atoms with Gasteiger partial charge in [-0.25, -0.2) is 0 Å². The van der Waals surface area contributed by atoms with Gasteiger partial charge in [-0.1, -0.05) is 12.8 Å². The maximum absolute atomic E-state index is 5.76. The number of halogens is 1. The van der Waals surface area contributed by atoms with Crippen LogP contribution in [0.15, 0.2) is 0 Å². The minimum atomic E-state index is 0.336. The highest BCUT2D eigenvalue weighted by molar-refractivity contribution is 6.20. The molecule has 0 aromatic rings. The van der Waals surface area contributed by atoms with Crippen molar-refractivity contribution < 1.29 is 4.74 Å². The first-order valence-electron chi connectivity index (χ1n) is 3.90. The fourth-order valence-corrected chi connectivity index (χ4v) is 1.00. The lowest BCUT2D eigenvalue weighted by atomic mass is 10.2. The van der Waals surface area contributed by atoms with Crippen molar-refractivity contribution in [1.82, 2.24) is 0 Å². The Balaban J connectivity index is 2.77. The molecule has 0 heterocycles. The molecular weight excluding hydrogens is 148 g/mol. The largest absolute Gasteiger partial charge is 0.385 e. The van der Waals surface area contributed by atoms with Crippen molar-refractivity contribution in [3.8, 4) is 0 Å². The van der Waals surface area contributed by atoms with Gasteiger partial charge >= 0.3 is 0 Å². The van der Waals surface area contributed by atoms with Gasteiger partial charge in [0.15, 0.2) is 0 Å². The molecule has 0 amide bonds. The highest BCUT2D eigenvalue weighted by Crippen LogP contribution is 2.07. The summed E-state index contributed by atoms with van der Waals surface area (Å²) in [4.78, 5) is 0. The van der Waals surface area contributed by atoms with Crippen molar-refractivity contribution in [2.24, 2.45) is 0 Å². The van der Waals surface area contributed by atoms with E-state index in [1.54, 1.807) is 7.11 Å². The Morgan fingerprint density at radius 2 is 2.00 bits per heavy atom. The monoisotopic (exact) mass is 164 g/mol. The van der Waals surface area contributed by atoms with Gasteiger partial charge in [-0.2, -0.15) is 0 Å². The molecule has 0 aromatic heterocycles. The molecule has 0 saturated carbocycles. The molecule has 62 valence electrons. The van der Waals surface area contributed by atoms with Crippen LogP contribution in [0.2, 0.25) is 0 Å². The maximum Gasteiger partial charge on any atom is 0.0462 e. The van der Waals surface area contributed by atoms with Crippen molar-refractivity contribution in [1.29, 1.82) is 0 Å². The van der Waals surface area contributed by atoms with Gasteiger partial charge in [0.05, 0.1) is 0 Å². The third-order valence-corrected chi connectivity index (χ3v) is 1.67. The zero-order valence-corrected chi connectivity index (χ0v) is 7.66. The molecule has 0 aliphatic heterocycles. The highest BCUT2D eigenvalue weighted by atomic mass is 35.5. The molecule has 10 heavy (non-hydrogen) atoms. The first-order chi connectivity index (χ1) is 4.77. The Bertz CT molecular complexity index is 64.3. The third kappa shape index (κ3) is 8.25. The Labute approximate surface area is 68.7 Å². The smallest absolute Gasteiger partial charge is 0.0462 e. The number of hydrogen-bond acceptors (Lipinski definition) is 1. The molecule has 0 N–H and O–H groups in total. The van der Waals surface area contributed by atoms with Crippen LogP contribution in [0.25, 0.3) is 0 Å². The molecule has 0 radical (unpaired) electrons. The molecule has 0 saturated heterocycles. The van der Waals surface area contributed by atoms with Gasteiger partial charge in [0.1, 0.15) is 0 Å². The maximum atomic E-state index is 5.76. The molecule has 0 fully saturated rings. The number of alkyl halides is 1. The van der Waals surface area contributed by atoms with Crippen LogP contribution in [0.1, 0.15) is 32.6 Å². The van der Waals surface area contributed by atoms with Crippen LogP contribution in [-0.4, -0.2) is 19.1 Å². The minimum Gasteiger partial charge on any atom is -0.385 e. The lowest BCUT2D eigenvalue weighted by Crippen LogP contribution is -1.92. The number of hydrogen-bond donors (Lipinski definition) is 0. The van der Waals surface area contributed by atoms with Crippen LogP contribution in [0.4, 0.5) is 0 Å². The molecule has 0 aliphatic rings. The second kappa shape index (κ2) is 7.36. The SMILES string of the molecule is COCCCCCC(C)Cl. The molecule has 0 aliphatic carbocycles. The third-order valence-electron chi connectivity index (χ3n) is 1.45. The topological polar surface area (TPSA) is 9.23 Å². The highest BCUT2D eigenvalue weighted by Gasteiger charge is 1.94. The second-order valence-corrected chi connectivity index (χ2v) is 3.37. The molecule has 1 atom stereocenters. The summed E-state index contributed by atoms with van der Waals surface area (Å²) in [5, 5.41) is 0.336. The number of unbranched alkanes of at least 4 members (excludes halogenated alkanes) is 2. The van der Waals surface area contributed by atoms with Crippen LogP contribution in [0.5, 0.6) is 0 Å². The van der Waals surface area contributed by atoms with E-state index in [4.69, 9.17) is 16.3 Å². The van der Waals surface area contributed by atoms with E-state index >= 15 is 0 Å². The fourth-order valence-electron chi connectivity index (χ4n) is 0.849. The lowest BCUT2D eigenvalue weighted by Gasteiger charge is -2.01. The molecule has 0 spiro atoms. The van der Waals surface area contributed by atoms with Gasteiger partial charge in [-0.05, 0) is 19.8 Å². The van der Waals surface area contributed by atoms with E-state index in [1.165, 1.54) is 19.3 Å². The molecular formula is C8H17ClO. The van der Waals surface area contributed by atoms with Crippen molar-refractivity contribution >= 4 is 11.6 Å². The zero-order valence-electron chi connectivity index (χ0n) is 6.90. The van der Waals surface area contributed by atoms with Crippen LogP contribution < -0.4 is 0 Å². The summed E-state index contributed by atoms with van der Waals surface area (Å²) in [7, 11) is 1.74. The predicted molar refractivity (Wildman–Crippen MR) is 45.7 cm³/mol. The van der Waals surface area contributed by atoms with E-state index < -0.39 is 0 Å². The summed E-state index contributed by atoms with van der Waals surface area (Å²) < 4.78 is 4.92. The number of ether oxygens (including phenoxy) is 1. The normalized spacial score (nSPS) is 13.5. The molecule has 0 rings (SSSR count). The van der Waals surface area contributed by atoms with E-state index in [0.717, 1.165) is 13.0 Å². The summed E-state index contributed by atoms with van der Waals surface area (Å²) in [5.41, 5.74) is 0. The number of rotatable bonds is 6. The van der Waals surface area contributed by atoms with Crippen LogP contribution in [0, 0.1) is 0 Å². The second-order valence-electron chi connectivity index (χ2n) is 2.62. The van der Waals surface area contributed by atoms with Gasteiger partial charge < -0.3 is 4.74 Å². The summed E-state index contributed by atoms with van der Waals surface area (Å²) in [6.45, 7) is 2.93. The Hall–Kier alpha value is 0.250. The summed E-state index contributed by atoms with van der Waals surface area (Å²) in [6, 6.07) is 0. The molecule has 0 aromatic carbocycles. The van der Waals surface area contributed by atoms with E-state index in [9.17, 15) is 0 Å². The van der Waals surface area contributed by atoms with E-state index in [2.05, 4.69) is 0 Å². The fraction of sp³-hybridized carbons (Fsp3) is 1.00. The van der Waals surface area contributed by atoms with Gasteiger partial charge in [0.2, 0.25) is 0 Å². The number of methoxy groups -OCH3 is 1. The van der Waals surface area contributed by atoms with Gasteiger partial charge in [0.25, 0.3) is 0 Å². The molecule has 1 nitrogen and oxygen atoms in total. The predicted octanol–water partition coefficient (Wildman–Crippen LogP) is 2.82. The summed E-state index contributed by atoms with van der Waals surface area (Å²) >= 11 is 5.76. The minimum absolute atomic E-state index is 0.336. The average Bonchev–Trinajstić information content (AvgIpc) is 1.87. The van der Waals surface area contributed by atoms with E-state index in [0.29, 0.717) is 5.38 Å². The van der Waals surface area contributed by atoms with Gasteiger partial charge in [-0.3, -0.25) is 0 Å². The van der Waals surface area contributed by atoms with E-state index in [-0.39, 0.29) is 0 Å². The van der Waals surface area contributed by atoms with Crippen LogP contribution >= 0.6 is 11.6 Å². The first-order valence-corrected chi connectivity index (χ1v) is 4.34. The molecule has 1 unspecified atom stereocenters. The van der Waals surface area contributed by atoms with Crippen molar-refractivity contribution in [2.75, 3.05) is 13.7 Å². The first kappa shape index (κ1) is 10.2. The Morgan fingerprint density at radius 1 is 1.30 bits per heavy atom. The molecule has 2 heteroatoms. The quantitative estimate of drug-likeness (QED) is 0.434. The average molecular weight is 165 g/mol. The van der Waals surface area contributed by atoms with Crippen molar-refractivity contribution in [3.05, 3.63) is 0 Å².